The van der Waals surface area contributed by atoms with Crippen LogP contribution in [0.15, 0.2) is 24.4 Å². The number of hydrogen-bond acceptors (Lipinski definition) is 2. The van der Waals surface area contributed by atoms with Crippen LogP contribution in [-0.4, -0.2) is 13.2 Å². The standard InChI is InChI=1S/C7H8NO2/c1-2-4-8-7(3-1)9-5-6-10-8/h1-4H,5-6H2/q+1. The van der Waals surface area contributed by atoms with Gasteiger partial charge in [0.15, 0.2) is 6.61 Å². The maximum absolute atomic E-state index is 5.26. The van der Waals surface area contributed by atoms with Crippen LogP contribution in [0.25, 0.3) is 0 Å². The minimum Gasteiger partial charge on any atom is -0.437 e. The predicted octanol–water partition coefficient (Wildman–Crippen LogP) is -0.205. The van der Waals surface area contributed by atoms with Gasteiger partial charge in [0.2, 0.25) is 6.20 Å². The molecule has 0 aliphatic carbocycles. The Morgan fingerprint density at radius 2 is 2.30 bits per heavy atom. The van der Waals surface area contributed by atoms with Crippen LogP contribution in [0, 0.1) is 0 Å². The molecule has 3 nitrogen and oxygen atoms in total. The lowest BCUT2D eigenvalue weighted by Gasteiger charge is -2.08. The van der Waals surface area contributed by atoms with Gasteiger partial charge >= 0.3 is 5.88 Å². The average Bonchev–Trinajstić information content (AvgIpc) is 2.05. The molecule has 0 N–H and O–H groups in total. The fourth-order valence-corrected chi connectivity index (χ4v) is 0.913. The van der Waals surface area contributed by atoms with E-state index in [0.29, 0.717) is 13.2 Å². The first kappa shape index (κ1) is 5.53. The van der Waals surface area contributed by atoms with E-state index >= 15 is 0 Å². The van der Waals surface area contributed by atoms with Crippen LogP contribution in [0.2, 0.25) is 0 Å². The van der Waals surface area contributed by atoms with Crippen LogP contribution >= 0.6 is 0 Å². The highest BCUT2D eigenvalue weighted by molar-refractivity contribution is 5.02. The highest BCUT2D eigenvalue weighted by Gasteiger charge is 2.17. The SMILES string of the molecule is c1cc[n+]2c(c1)OCCO2. The average molecular weight is 138 g/mol. The first-order valence-electron chi connectivity index (χ1n) is 3.23. The molecule has 0 amide bonds. The zero-order chi connectivity index (χ0) is 6.81. The van der Waals surface area contributed by atoms with Crippen LogP contribution in [0.3, 0.4) is 0 Å². The van der Waals surface area contributed by atoms with Crippen LogP contribution in [0.1, 0.15) is 0 Å². The van der Waals surface area contributed by atoms with E-state index < -0.39 is 0 Å². The van der Waals surface area contributed by atoms with Gasteiger partial charge in [-0.25, -0.2) is 0 Å². The van der Waals surface area contributed by atoms with Crippen molar-refractivity contribution >= 4 is 0 Å². The van der Waals surface area contributed by atoms with Crippen molar-refractivity contribution in [2.75, 3.05) is 13.2 Å². The summed E-state index contributed by atoms with van der Waals surface area (Å²) < 4.78 is 6.89. The van der Waals surface area contributed by atoms with Gasteiger partial charge in [0.1, 0.15) is 6.61 Å². The van der Waals surface area contributed by atoms with Crippen molar-refractivity contribution in [1.82, 2.24) is 0 Å². The Hall–Kier alpha value is -1.25. The van der Waals surface area contributed by atoms with Crippen molar-refractivity contribution < 1.29 is 14.3 Å². The number of fused-ring (bicyclic) bond motifs is 1. The molecule has 0 saturated heterocycles. The van der Waals surface area contributed by atoms with Gasteiger partial charge in [-0.05, 0) is 6.07 Å². The van der Waals surface area contributed by atoms with E-state index in [1.165, 1.54) is 0 Å². The number of rotatable bonds is 0. The largest absolute Gasteiger partial charge is 0.437 e. The molecule has 0 radical (unpaired) electrons. The van der Waals surface area contributed by atoms with Gasteiger partial charge in [-0.3, -0.25) is 4.84 Å². The molecular weight excluding hydrogens is 130 g/mol. The van der Waals surface area contributed by atoms with E-state index in [1.807, 2.05) is 24.4 Å². The van der Waals surface area contributed by atoms with E-state index in [-0.39, 0.29) is 0 Å². The fourth-order valence-electron chi connectivity index (χ4n) is 0.913. The number of hydrogen-bond donors (Lipinski definition) is 0. The summed E-state index contributed by atoms with van der Waals surface area (Å²) in [7, 11) is 0. The van der Waals surface area contributed by atoms with Crippen LogP contribution in [0.5, 0.6) is 5.88 Å². The summed E-state index contributed by atoms with van der Waals surface area (Å²) in [6, 6.07) is 5.69. The maximum atomic E-state index is 5.26. The first-order valence-corrected chi connectivity index (χ1v) is 3.23. The summed E-state index contributed by atoms with van der Waals surface area (Å²) in [5, 5.41) is 0. The van der Waals surface area contributed by atoms with Crippen LogP contribution in [0.4, 0.5) is 0 Å². The molecule has 2 heterocycles. The Labute approximate surface area is 58.8 Å². The zero-order valence-electron chi connectivity index (χ0n) is 5.49. The fraction of sp³-hybridized carbons (Fsp3) is 0.286. The van der Waals surface area contributed by atoms with Gasteiger partial charge in [-0.2, -0.15) is 0 Å². The second-order valence-electron chi connectivity index (χ2n) is 2.05. The van der Waals surface area contributed by atoms with Gasteiger partial charge in [0, 0.05) is 10.8 Å². The number of pyridine rings is 1. The Balaban J connectivity index is 2.41. The normalized spacial score (nSPS) is 14.8. The third-order valence-corrected chi connectivity index (χ3v) is 1.35. The summed E-state index contributed by atoms with van der Waals surface area (Å²) in [6.07, 6.45) is 1.83. The Morgan fingerprint density at radius 1 is 1.30 bits per heavy atom. The molecule has 0 bridgehead atoms. The number of nitrogens with zero attached hydrogens (tertiary/aromatic N) is 1. The van der Waals surface area contributed by atoms with Crippen molar-refractivity contribution in [2.24, 2.45) is 0 Å². The maximum Gasteiger partial charge on any atom is 0.417 e. The topological polar surface area (TPSA) is 22.3 Å². The first-order chi connectivity index (χ1) is 4.97. The Kier molecular flexibility index (Phi) is 1.20. The van der Waals surface area contributed by atoms with Crippen molar-refractivity contribution in [1.29, 1.82) is 0 Å². The number of aromatic nitrogens is 1. The van der Waals surface area contributed by atoms with E-state index in [0.717, 1.165) is 5.88 Å². The molecule has 1 aliphatic rings. The van der Waals surface area contributed by atoms with Gasteiger partial charge in [-0.15, -0.1) is 0 Å². The smallest absolute Gasteiger partial charge is 0.417 e. The zero-order valence-corrected chi connectivity index (χ0v) is 5.49. The van der Waals surface area contributed by atoms with E-state index in [2.05, 4.69) is 0 Å². The molecule has 0 saturated carbocycles. The Morgan fingerprint density at radius 3 is 3.20 bits per heavy atom. The van der Waals surface area contributed by atoms with E-state index in [9.17, 15) is 0 Å². The summed E-state index contributed by atoms with van der Waals surface area (Å²) in [4.78, 5) is 5.22. The van der Waals surface area contributed by atoms with Crippen molar-refractivity contribution in [3.05, 3.63) is 24.4 Å². The van der Waals surface area contributed by atoms with E-state index in [4.69, 9.17) is 9.57 Å². The minimum absolute atomic E-state index is 0.627. The summed E-state index contributed by atoms with van der Waals surface area (Å²) in [5.41, 5.74) is 0. The quantitative estimate of drug-likeness (QED) is 0.463. The highest BCUT2D eigenvalue weighted by atomic mass is 16.7. The second-order valence-corrected chi connectivity index (χ2v) is 2.05. The molecule has 1 aliphatic heterocycles. The lowest BCUT2D eigenvalue weighted by molar-refractivity contribution is -0.900. The molecule has 0 unspecified atom stereocenters. The highest BCUT2D eigenvalue weighted by Crippen LogP contribution is 2.02. The van der Waals surface area contributed by atoms with Crippen molar-refractivity contribution in [3.63, 3.8) is 0 Å². The summed E-state index contributed by atoms with van der Waals surface area (Å²) >= 11 is 0. The molecule has 1 aromatic heterocycles. The molecule has 2 rings (SSSR count). The van der Waals surface area contributed by atoms with Crippen molar-refractivity contribution in [2.45, 2.75) is 0 Å². The van der Waals surface area contributed by atoms with Gasteiger partial charge < -0.3 is 4.74 Å². The molecule has 0 fully saturated rings. The molecule has 1 aromatic rings. The lowest BCUT2D eigenvalue weighted by atomic mass is 10.5. The molecule has 10 heavy (non-hydrogen) atoms. The van der Waals surface area contributed by atoms with Gasteiger partial charge in [0.05, 0.1) is 6.07 Å². The van der Waals surface area contributed by atoms with Gasteiger partial charge in [-0.1, -0.05) is 0 Å². The summed E-state index contributed by atoms with van der Waals surface area (Å²) in [6.45, 7) is 1.27. The molecular formula is C7H8NO2+. The summed E-state index contributed by atoms with van der Waals surface area (Å²) in [5.74, 6) is 0.772. The van der Waals surface area contributed by atoms with Crippen LogP contribution < -0.4 is 14.3 Å². The third-order valence-electron chi connectivity index (χ3n) is 1.35. The monoisotopic (exact) mass is 138 g/mol. The molecule has 0 atom stereocenters. The lowest BCUT2D eigenvalue weighted by Crippen LogP contribution is -2.49. The predicted molar refractivity (Wildman–Crippen MR) is 33.6 cm³/mol. The molecule has 0 aromatic carbocycles. The molecule has 3 heteroatoms. The van der Waals surface area contributed by atoms with Crippen molar-refractivity contribution in [3.8, 4) is 5.88 Å². The second kappa shape index (κ2) is 2.17. The minimum atomic E-state index is 0.627. The third kappa shape index (κ3) is 0.795. The van der Waals surface area contributed by atoms with E-state index in [1.54, 1.807) is 4.73 Å². The van der Waals surface area contributed by atoms with Crippen LogP contribution in [-0.2, 0) is 0 Å². The molecule has 52 valence electrons. The molecule has 0 spiro atoms. The number of ether oxygens (including phenoxy) is 1. The Bertz CT molecular complexity index is 212. The van der Waals surface area contributed by atoms with Gasteiger partial charge in [0.25, 0.3) is 0 Å².